The van der Waals surface area contributed by atoms with Gasteiger partial charge in [-0.15, -0.1) is 23.3 Å². The van der Waals surface area contributed by atoms with E-state index in [9.17, 15) is 0 Å². The van der Waals surface area contributed by atoms with Crippen LogP contribution in [0.25, 0.3) is 22.3 Å². The van der Waals surface area contributed by atoms with Crippen LogP contribution in [-0.4, -0.2) is 0 Å². The minimum Gasteiger partial charge on any atom is -0.366 e. The van der Waals surface area contributed by atoms with Crippen molar-refractivity contribution in [3.63, 3.8) is 0 Å². The molecule has 9 aromatic rings. The van der Waals surface area contributed by atoms with Gasteiger partial charge in [-0.05, 0) is 124 Å². The summed E-state index contributed by atoms with van der Waals surface area (Å²) in [6.07, 6.45) is 17.8. The van der Waals surface area contributed by atoms with Gasteiger partial charge in [0.15, 0.2) is 0 Å². The van der Waals surface area contributed by atoms with Gasteiger partial charge in [-0.2, -0.15) is 0 Å². The third-order valence-corrected chi connectivity index (χ3v) is 20.0. The van der Waals surface area contributed by atoms with Gasteiger partial charge in [0.1, 0.15) is 47.7 Å². The molecule has 0 N–H and O–H groups in total. The summed E-state index contributed by atoms with van der Waals surface area (Å²) in [4.78, 5) is 0. The van der Waals surface area contributed by atoms with E-state index >= 15 is 0 Å². The zero-order chi connectivity index (χ0) is 47.5. The smallest absolute Gasteiger partial charge is 0.366 e. The Morgan fingerprint density at radius 1 is 0.366 bits per heavy atom. The van der Waals surface area contributed by atoms with Gasteiger partial charge in [-0.1, -0.05) is 196 Å². The zero-order valence-electron chi connectivity index (χ0n) is 40.5. The number of hydrogen-bond acceptors (Lipinski definition) is 0. The van der Waals surface area contributed by atoms with Gasteiger partial charge in [-0.3, -0.25) is 11.8 Å². The van der Waals surface area contributed by atoms with Crippen molar-refractivity contribution in [2.75, 3.05) is 0 Å². The maximum atomic E-state index is 7.30. The molecule has 0 saturated heterocycles. The van der Waals surface area contributed by atoms with Crippen LogP contribution in [0.5, 0.6) is 0 Å². The molecule has 3 aliphatic rings. The topological polar surface area (TPSA) is 0 Å². The monoisotopic (exact) mass is 1320 g/mol. The van der Waals surface area contributed by atoms with Gasteiger partial charge in [0.25, 0.3) is 0 Å². The van der Waals surface area contributed by atoms with Crippen LogP contribution in [0.3, 0.4) is 0 Å². The second-order valence-corrected chi connectivity index (χ2v) is 24.6. The molecule has 354 valence electrons. The summed E-state index contributed by atoms with van der Waals surface area (Å²) < 4.78 is 0. The van der Waals surface area contributed by atoms with Crippen molar-refractivity contribution in [2.24, 2.45) is 0 Å². The second-order valence-electron chi connectivity index (χ2n) is 19.7. The Kier molecular flexibility index (Phi) is 16.4. The molecule has 0 amide bonds. The first-order valence-electron chi connectivity index (χ1n) is 24.1. The second kappa shape index (κ2) is 22.5. The van der Waals surface area contributed by atoms with Crippen LogP contribution in [0.2, 0.25) is 0 Å². The zero-order valence-corrected chi connectivity index (χ0v) is 46.8. The maximum absolute atomic E-state index is 7.30. The van der Waals surface area contributed by atoms with E-state index in [0.29, 0.717) is 0 Å². The van der Waals surface area contributed by atoms with E-state index in [-0.39, 0.29) is 55.6 Å². The van der Waals surface area contributed by atoms with Gasteiger partial charge in [0.2, 0.25) is 0 Å². The first-order valence-corrected chi connectivity index (χ1v) is 27.1. The van der Waals surface area contributed by atoms with Crippen LogP contribution in [0.4, 0.5) is 0 Å². The predicted octanol–water partition coefficient (Wildman–Crippen LogP) is 13.0. The standard InChI is InChI=1S/C37H36P2.2C15H9.2Au/c1-36(2)27-37(3,4)33-26-35(39(30-21-13-7-14-22-30)31-23-15-8-16-24-31)34(25-32(33)36)38(28-17-9-5-10-18-28)29-19-11-6-12-20-29;2*1-2-11-7-5-8-13-10-12-6-3-4-9-14(12)15(11)13;;/h5-26H,27H2,1-4H3;2*3-9H,10H2;;/q;2*-1;2*+1/p+2. The van der Waals surface area contributed by atoms with Crippen LogP contribution < -0.4 is 31.8 Å². The molecule has 0 heterocycles. The third kappa shape index (κ3) is 10.5. The molecule has 12 rings (SSSR count). The molecular weight excluding hydrogens is 1260 g/mol. The Labute approximate surface area is 456 Å². The third-order valence-electron chi connectivity index (χ3n) is 14.2. The molecule has 0 saturated carbocycles. The summed E-state index contributed by atoms with van der Waals surface area (Å²) in [5, 5.41) is 8.92. The molecule has 0 atom stereocenters. The van der Waals surface area contributed by atoms with E-state index in [1.165, 1.54) is 72.1 Å². The predicted molar refractivity (Wildman–Crippen MR) is 299 cm³/mol. The average molecular weight is 1320 g/mol. The minimum atomic E-state index is -1.25. The van der Waals surface area contributed by atoms with E-state index in [1.807, 2.05) is 24.3 Å². The summed E-state index contributed by atoms with van der Waals surface area (Å²) in [6, 6.07) is 79.4. The summed E-state index contributed by atoms with van der Waals surface area (Å²) >= 11 is 0. The largest absolute Gasteiger partial charge is 1.00 e. The Balaban J connectivity index is 0.000000172. The van der Waals surface area contributed by atoms with Crippen LogP contribution in [0.1, 0.15) is 78.6 Å². The average Bonchev–Trinajstić information content (AvgIpc) is 4.02. The number of fused-ring (bicyclic) bond motifs is 7. The van der Waals surface area contributed by atoms with Gasteiger partial charge < -0.3 is 12.8 Å². The minimum absolute atomic E-state index is 0. The van der Waals surface area contributed by atoms with Gasteiger partial charge in [0, 0.05) is 0 Å². The van der Waals surface area contributed by atoms with E-state index in [4.69, 9.17) is 12.8 Å². The Morgan fingerprint density at radius 3 is 0.986 bits per heavy atom. The van der Waals surface area contributed by atoms with Crippen molar-refractivity contribution in [2.45, 2.75) is 57.8 Å². The molecule has 0 spiro atoms. The van der Waals surface area contributed by atoms with E-state index in [1.54, 1.807) is 21.7 Å². The molecule has 3 aliphatic carbocycles. The summed E-state index contributed by atoms with van der Waals surface area (Å²) in [6.45, 7) is 9.78. The molecule has 0 bridgehead atoms. The number of rotatable bonds is 6. The first-order chi connectivity index (χ1) is 33.6. The van der Waals surface area contributed by atoms with Crippen molar-refractivity contribution in [1.82, 2.24) is 0 Å². The molecule has 0 unspecified atom stereocenters. The fourth-order valence-corrected chi connectivity index (χ4v) is 17.4. The van der Waals surface area contributed by atoms with E-state index < -0.39 is 15.8 Å². The van der Waals surface area contributed by atoms with Crippen LogP contribution in [0.15, 0.2) is 218 Å². The fraction of sp³-hybridized carbons (Fsp3) is 0.134. The molecule has 0 radical (unpaired) electrons. The van der Waals surface area contributed by atoms with Gasteiger partial charge in [0.05, 0.1) is 0 Å². The van der Waals surface area contributed by atoms with Crippen molar-refractivity contribution < 1.29 is 44.8 Å². The molecule has 4 heteroatoms. The quantitative estimate of drug-likeness (QED) is 0.0674. The molecule has 0 aromatic heterocycles. The fourth-order valence-electron chi connectivity index (χ4n) is 11.4. The Hall–Kier alpha value is -5.56. The van der Waals surface area contributed by atoms with E-state index in [2.05, 4.69) is 234 Å². The molecule has 0 fully saturated rings. The number of hydrogen-bond donors (Lipinski definition) is 0. The van der Waals surface area contributed by atoms with Gasteiger partial charge >= 0.3 is 44.8 Å². The molecule has 9 aromatic carbocycles. The summed E-state index contributed by atoms with van der Waals surface area (Å²) in [5.41, 5.74) is 15.5. The van der Waals surface area contributed by atoms with Crippen LogP contribution >= 0.6 is 15.8 Å². The van der Waals surface area contributed by atoms with Crippen molar-refractivity contribution >= 4 is 47.7 Å². The van der Waals surface area contributed by atoms with Crippen molar-refractivity contribution in [3.8, 4) is 34.1 Å². The maximum Gasteiger partial charge on any atom is 1.00 e. The molecular formula is C67H56Au2P2+2. The number of benzene rings is 9. The SMILES string of the molecule is CC1(C)CC(C)(C)c2cc([PH+](c3ccccc3)c3ccccc3)c([PH+](c3ccccc3)c3ccccc3)cc21.[Au+].[Au+].[C-]#Cc1cccc2c1-c1ccccc1C2.[C-]#Cc1cccc2c1-c1ccccc1C2. The molecule has 0 nitrogen and oxygen atoms in total. The Bertz CT molecular complexity index is 3080. The van der Waals surface area contributed by atoms with Crippen molar-refractivity contribution in [3.05, 3.63) is 276 Å². The van der Waals surface area contributed by atoms with Crippen LogP contribution in [0, 0.1) is 24.7 Å². The normalized spacial score (nSPS) is 13.4. The summed E-state index contributed by atoms with van der Waals surface area (Å²) in [7, 11) is -2.49. The molecule has 0 aliphatic heterocycles. The van der Waals surface area contributed by atoms with Gasteiger partial charge in [-0.25, -0.2) is 0 Å². The summed E-state index contributed by atoms with van der Waals surface area (Å²) in [5.74, 6) is 5.04. The van der Waals surface area contributed by atoms with Crippen LogP contribution in [-0.2, 0) is 68.4 Å². The molecule has 71 heavy (non-hydrogen) atoms. The van der Waals surface area contributed by atoms with E-state index in [0.717, 1.165) is 24.0 Å². The van der Waals surface area contributed by atoms with Crippen molar-refractivity contribution in [1.29, 1.82) is 0 Å². The first kappa shape index (κ1) is 51.8. The Morgan fingerprint density at radius 2 is 0.662 bits per heavy atom.